The van der Waals surface area contributed by atoms with E-state index in [9.17, 15) is 27.9 Å². The standard InChI is InChI=1S/C19H12F3NO3S2/c20-19(21,22)13-7-5-11(6-8-13)10-23-16(24)15(28-18(23)27)9-12-3-1-2-4-14(12)17(25)26/h1-9H,10H2,(H,25,26)/b15-9-. The Hall–Kier alpha value is -2.65. The summed E-state index contributed by atoms with van der Waals surface area (Å²) in [5.74, 6) is -1.54. The summed E-state index contributed by atoms with van der Waals surface area (Å²) in [6.07, 6.45) is -2.98. The van der Waals surface area contributed by atoms with E-state index in [1.54, 1.807) is 18.2 Å². The molecule has 0 aromatic heterocycles. The van der Waals surface area contributed by atoms with Gasteiger partial charge in [0.1, 0.15) is 4.32 Å². The number of thioether (sulfide) groups is 1. The minimum absolute atomic E-state index is 0.0285. The van der Waals surface area contributed by atoms with Crippen molar-refractivity contribution in [3.63, 3.8) is 0 Å². The molecular formula is C19H12F3NO3S2. The van der Waals surface area contributed by atoms with Crippen molar-refractivity contribution >= 4 is 46.3 Å². The summed E-state index contributed by atoms with van der Waals surface area (Å²) in [7, 11) is 0. The Kier molecular flexibility index (Phi) is 5.57. The van der Waals surface area contributed by atoms with Crippen molar-refractivity contribution in [1.82, 2.24) is 4.90 Å². The predicted octanol–water partition coefficient (Wildman–Crippen LogP) is 4.81. The Morgan fingerprint density at radius 3 is 2.39 bits per heavy atom. The molecule has 0 saturated carbocycles. The molecule has 0 atom stereocenters. The molecule has 2 aromatic carbocycles. The van der Waals surface area contributed by atoms with Crippen molar-refractivity contribution in [3.05, 3.63) is 75.7 Å². The lowest BCUT2D eigenvalue weighted by molar-refractivity contribution is -0.137. The fourth-order valence-corrected chi connectivity index (χ4v) is 3.82. The maximum Gasteiger partial charge on any atom is 0.416 e. The number of carboxylic acid groups (broad SMARTS) is 1. The van der Waals surface area contributed by atoms with Crippen LogP contribution in [-0.2, 0) is 17.5 Å². The fourth-order valence-electron chi connectivity index (χ4n) is 2.58. The van der Waals surface area contributed by atoms with E-state index in [2.05, 4.69) is 0 Å². The zero-order valence-corrected chi connectivity index (χ0v) is 15.7. The molecule has 144 valence electrons. The monoisotopic (exact) mass is 423 g/mol. The Bertz CT molecular complexity index is 985. The second-order valence-corrected chi connectivity index (χ2v) is 7.53. The molecule has 1 aliphatic heterocycles. The first-order chi connectivity index (χ1) is 13.2. The molecule has 1 aliphatic rings. The molecule has 0 unspecified atom stereocenters. The second kappa shape index (κ2) is 7.76. The Labute approximate surface area is 167 Å². The SMILES string of the molecule is O=C(O)c1ccccc1/C=C1\SC(=S)N(Cc2ccc(C(F)(F)F)cc2)C1=O. The topological polar surface area (TPSA) is 57.6 Å². The van der Waals surface area contributed by atoms with Crippen LogP contribution in [0.15, 0.2) is 53.4 Å². The van der Waals surface area contributed by atoms with Gasteiger partial charge in [-0.15, -0.1) is 0 Å². The fraction of sp³-hybridized carbons (Fsp3) is 0.105. The normalized spacial score (nSPS) is 16.1. The van der Waals surface area contributed by atoms with E-state index in [1.165, 1.54) is 29.2 Å². The average molecular weight is 423 g/mol. The molecule has 0 spiro atoms. The first kappa shape index (κ1) is 20.1. The van der Waals surface area contributed by atoms with Crippen LogP contribution in [0.1, 0.15) is 27.0 Å². The van der Waals surface area contributed by atoms with Gasteiger partial charge in [-0.05, 0) is 35.4 Å². The number of carboxylic acids is 1. The van der Waals surface area contributed by atoms with Crippen LogP contribution >= 0.6 is 24.0 Å². The summed E-state index contributed by atoms with van der Waals surface area (Å²) < 4.78 is 38.2. The zero-order valence-electron chi connectivity index (χ0n) is 14.1. The average Bonchev–Trinajstić information content (AvgIpc) is 2.89. The minimum atomic E-state index is -4.43. The predicted molar refractivity (Wildman–Crippen MR) is 104 cm³/mol. The number of amides is 1. The summed E-state index contributed by atoms with van der Waals surface area (Å²) in [4.78, 5) is 25.5. The largest absolute Gasteiger partial charge is 0.478 e. The van der Waals surface area contributed by atoms with Crippen LogP contribution in [0.2, 0.25) is 0 Å². The number of rotatable bonds is 4. The summed E-state index contributed by atoms with van der Waals surface area (Å²) >= 11 is 6.23. The van der Waals surface area contributed by atoms with E-state index in [0.29, 0.717) is 11.1 Å². The van der Waals surface area contributed by atoms with Gasteiger partial charge < -0.3 is 5.11 Å². The smallest absolute Gasteiger partial charge is 0.416 e. The number of hydrogen-bond donors (Lipinski definition) is 1. The van der Waals surface area contributed by atoms with Crippen LogP contribution < -0.4 is 0 Å². The Morgan fingerprint density at radius 2 is 1.79 bits per heavy atom. The van der Waals surface area contributed by atoms with Crippen molar-refractivity contribution in [2.75, 3.05) is 0 Å². The number of aromatic carboxylic acids is 1. The summed E-state index contributed by atoms with van der Waals surface area (Å²) in [5.41, 5.74) is 0.142. The summed E-state index contributed by atoms with van der Waals surface area (Å²) in [6, 6.07) is 10.7. The van der Waals surface area contributed by atoms with Gasteiger partial charge in [-0.3, -0.25) is 9.69 Å². The lowest BCUT2D eigenvalue weighted by Crippen LogP contribution is -2.27. The third-order valence-corrected chi connectivity index (χ3v) is 5.35. The number of hydrogen-bond acceptors (Lipinski definition) is 4. The van der Waals surface area contributed by atoms with Gasteiger partial charge in [-0.25, -0.2) is 4.79 Å². The van der Waals surface area contributed by atoms with Gasteiger partial charge in [-0.1, -0.05) is 54.3 Å². The van der Waals surface area contributed by atoms with Gasteiger partial charge in [0.15, 0.2) is 0 Å². The lowest BCUT2D eigenvalue weighted by atomic mass is 10.1. The molecule has 4 nitrogen and oxygen atoms in total. The van der Waals surface area contributed by atoms with E-state index in [-0.39, 0.29) is 21.3 Å². The maximum absolute atomic E-state index is 12.7. The summed E-state index contributed by atoms with van der Waals surface area (Å²) in [5, 5.41) is 9.25. The van der Waals surface area contributed by atoms with Crippen molar-refractivity contribution in [2.24, 2.45) is 0 Å². The van der Waals surface area contributed by atoms with E-state index in [0.717, 1.165) is 23.9 Å². The molecule has 1 amide bonds. The number of nitrogens with zero attached hydrogens (tertiary/aromatic N) is 1. The molecule has 2 aromatic rings. The zero-order chi connectivity index (χ0) is 20.5. The number of carbonyl (C=O) groups is 2. The first-order valence-corrected chi connectivity index (χ1v) is 9.13. The Balaban J connectivity index is 1.82. The lowest BCUT2D eigenvalue weighted by Gasteiger charge is -2.15. The molecule has 1 heterocycles. The number of benzene rings is 2. The number of carbonyl (C=O) groups excluding carboxylic acids is 1. The number of halogens is 3. The second-order valence-electron chi connectivity index (χ2n) is 5.85. The van der Waals surface area contributed by atoms with Gasteiger partial charge >= 0.3 is 12.1 Å². The number of thiocarbonyl (C=S) groups is 1. The van der Waals surface area contributed by atoms with E-state index in [4.69, 9.17) is 12.2 Å². The maximum atomic E-state index is 12.7. The van der Waals surface area contributed by atoms with E-state index in [1.807, 2.05) is 0 Å². The van der Waals surface area contributed by atoms with Crippen LogP contribution in [0.3, 0.4) is 0 Å². The molecular weight excluding hydrogens is 411 g/mol. The van der Waals surface area contributed by atoms with Crippen LogP contribution in [0.25, 0.3) is 6.08 Å². The summed E-state index contributed by atoms with van der Waals surface area (Å²) in [6.45, 7) is 0.0285. The van der Waals surface area contributed by atoms with E-state index >= 15 is 0 Å². The number of alkyl halides is 3. The molecule has 1 saturated heterocycles. The van der Waals surface area contributed by atoms with Gasteiger partial charge in [0.2, 0.25) is 0 Å². The molecule has 0 radical (unpaired) electrons. The first-order valence-electron chi connectivity index (χ1n) is 7.90. The molecule has 0 bridgehead atoms. The van der Waals surface area contributed by atoms with Crippen molar-refractivity contribution < 1.29 is 27.9 Å². The van der Waals surface area contributed by atoms with Gasteiger partial charge in [0.05, 0.1) is 22.6 Å². The van der Waals surface area contributed by atoms with Crippen LogP contribution in [0, 0.1) is 0 Å². The molecule has 9 heteroatoms. The molecule has 28 heavy (non-hydrogen) atoms. The minimum Gasteiger partial charge on any atom is -0.478 e. The third kappa shape index (κ3) is 4.26. The van der Waals surface area contributed by atoms with Gasteiger partial charge in [0.25, 0.3) is 5.91 Å². The molecule has 0 aliphatic carbocycles. The Morgan fingerprint density at radius 1 is 1.14 bits per heavy atom. The van der Waals surface area contributed by atoms with Crippen molar-refractivity contribution in [2.45, 2.75) is 12.7 Å². The quantitative estimate of drug-likeness (QED) is 0.565. The molecule has 3 rings (SSSR count). The molecule has 1 N–H and O–H groups in total. The van der Waals surface area contributed by atoms with Crippen LogP contribution in [-0.4, -0.2) is 26.2 Å². The van der Waals surface area contributed by atoms with Crippen LogP contribution in [0.4, 0.5) is 13.2 Å². The molecule has 1 fully saturated rings. The third-order valence-electron chi connectivity index (χ3n) is 3.97. The van der Waals surface area contributed by atoms with Crippen molar-refractivity contribution in [1.29, 1.82) is 0 Å². The highest BCUT2D eigenvalue weighted by Gasteiger charge is 2.33. The highest BCUT2D eigenvalue weighted by Crippen LogP contribution is 2.35. The van der Waals surface area contributed by atoms with Crippen LogP contribution in [0.5, 0.6) is 0 Å². The van der Waals surface area contributed by atoms with E-state index < -0.39 is 23.6 Å². The van der Waals surface area contributed by atoms with Gasteiger partial charge in [0, 0.05) is 0 Å². The highest BCUT2D eigenvalue weighted by atomic mass is 32.2. The van der Waals surface area contributed by atoms with Gasteiger partial charge in [-0.2, -0.15) is 13.2 Å². The van der Waals surface area contributed by atoms with Crippen molar-refractivity contribution in [3.8, 4) is 0 Å². The highest BCUT2D eigenvalue weighted by molar-refractivity contribution is 8.26.